The molecule has 0 rings (SSSR count). The summed E-state index contributed by atoms with van der Waals surface area (Å²) in [6.45, 7) is 3.95. The first-order valence-corrected chi connectivity index (χ1v) is 3.52. The van der Waals surface area contributed by atoms with Crippen LogP contribution in [0.25, 0.3) is 0 Å². The first-order chi connectivity index (χ1) is 5.20. The van der Waals surface area contributed by atoms with Gasteiger partial charge in [0.1, 0.15) is 6.42 Å². The number of carbonyl (C=O) groups excluding carboxylic acids is 2. The molecule has 0 heterocycles. The molecule has 0 saturated heterocycles. The van der Waals surface area contributed by atoms with Crippen molar-refractivity contribution in [1.29, 1.82) is 0 Å². The van der Waals surface area contributed by atoms with Crippen molar-refractivity contribution in [3.63, 3.8) is 0 Å². The fourth-order valence-electron chi connectivity index (χ4n) is 0.542. The lowest BCUT2D eigenvalue weighted by Crippen LogP contribution is -2.13. The third kappa shape index (κ3) is 5.39. The molecule has 0 aliphatic rings. The summed E-state index contributed by atoms with van der Waals surface area (Å²) in [5, 5.41) is 0. The predicted molar refractivity (Wildman–Crippen MR) is 37.9 cm³/mol. The van der Waals surface area contributed by atoms with Crippen LogP contribution in [0.4, 0.5) is 0 Å². The van der Waals surface area contributed by atoms with Gasteiger partial charge in [-0.25, -0.2) is 0 Å². The quantitative estimate of drug-likeness (QED) is 0.446. The van der Waals surface area contributed by atoms with E-state index in [1.54, 1.807) is 13.8 Å². The van der Waals surface area contributed by atoms with Gasteiger partial charge in [-0.2, -0.15) is 0 Å². The summed E-state index contributed by atoms with van der Waals surface area (Å²) in [6.07, 6.45) is -0.290. The molecule has 0 radical (unpaired) electrons. The van der Waals surface area contributed by atoms with Crippen molar-refractivity contribution in [2.45, 2.75) is 20.3 Å². The second-order valence-electron chi connectivity index (χ2n) is 1.79. The molecule has 0 N–H and O–H groups in total. The van der Waals surface area contributed by atoms with Gasteiger partial charge >= 0.3 is 11.9 Å². The highest BCUT2D eigenvalue weighted by Crippen LogP contribution is 1.89. The highest BCUT2D eigenvalue weighted by Gasteiger charge is 2.09. The molecule has 0 amide bonds. The van der Waals surface area contributed by atoms with Gasteiger partial charge in [0.25, 0.3) is 0 Å². The van der Waals surface area contributed by atoms with Crippen molar-refractivity contribution in [2.75, 3.05) is 13.2 Å². The maximum Gasteiger partial charge on any atom is 0.317 e. The number of esters is 2. The Kier molecular flexibility index (Phi) is 5.15. The van der Waals surface area contributed by atoms with E-state index in [0.29, 0.717) is 0 Å². The fraction of sp³-hybridized carbons (Fsp3) is 0.714. The van der Waals surface area contributed by atoms with E-state index in [9.17, 15) is 9.59 Å². The van der Waals surface area contributed by atoms with Gasteiger partial charge in [-0.15, -0.1) is 0 Å². The van der Waals surface area contributed by atoms with Crippen molar-refractivity contribution < 1.29 is 19.1 Å². The zero-order valence-corrected chi connectivity index (χ0v) is 6.75. The molecule has 0 aliphatic carbocycles. The third-order valence-corrected chi connectivity index (χ3v) is 0.899. The summed E-state index contributed by atoms with van der Waals surface area (Å²) in [5.74, 6) is -1.07. The van der Waals surface area contributed by atoms with Crippen LogP contribution in [0.3, 0.4) is 0 Å². The van der Waals surface area contributed by atoms with Crippen LogP contribution in [0.1, 0.15) is 20.3 Å². The molecular formula is C7H12O4. The molecule has 0 aromatic heterocycles. The second-order valence-corrected chi connectivity index (χ2v) is 1.79. The highest BCUT2D eigenvalue weighted by molar-refractivity contribution is 5.91. The summed E-state index contributed by atoms with van der Waals surface area (Å²) in [5.41, 5.74) is 0. The Balaban J connectivity index is 3.49. The van der Waals surface area contributed by atoms with E-state index in [1.165, 1.54) is 0 Å². The molecule has 0 spiro atoms. The topological polar surface area (TPSA) is 52.6 Å². The number of rotatable bonds is 4. The summed E-state index contributed by atoms with van der Waals surface area (Å²) in [6, 6.07) is 0. The lowest BCUT2D eigenvalue weighted by Gasteiger charge is -2.00. The molecule has 4 nitrogen and oxygen atoms in total. The molecule has 0 saturated carbocycles. The number of ether oxygens (including phenoxy) is 2. The smallest absolute Gasteiger partial charge is 0.317 e. The maximum absolute atomic E-state index is 10.6. The van der Waals surface area contributed by atoms with Crippen LogP contribution < -0.4 is 0 Å². The van der Waals surface area contributed by atoms with Gasteiger partial charge in [0.2, 0.25) is 0 Å². The summed E-state index contributed by atoms with van der Waals surface area (Å²) in [4.78, 5) is 21.2. The molecule has 11 heavy (non-hydrogen) atoms. The maximum atomic E-state index is 10.6. The lowest BCUT2D eigenvalue weighted by molar-refractivity contribution is -0.153. The SMILES string of the molecule is CCOC(=O)[14CH2]C(=O)OCC. The largest absolute Gasteiger partial charge is 0.466 e. The van der Waals surface area contributed by atoms with Crippen molar-refractivity contribution in [3.05, 3.63) is 0 Å². The summed E-state index contributed by atoms with van der Waals surface area (Å²) < 4.78 is 9.04. The zero-order chi connectivity index (χ0) is 8.69. The molecule has 0 aliphatic heterocycles. The summed E-state index contributed by atoms with van der Waals surface area (Å²) >= 11 is 0. The Hall–Kier alpha value is -1.06. The minimum Gasteiger partial charge on any atom is -0.466 e. The van der Waals surface area contributed by atoms with E-state index < -0.39 is 11.9 Å². The van der Waals surface area contributed by atoms with Crippen LogP contribution >= 0.6 is 0 Å². The van der Waals surface area contributed by atoms with Crippen LogP contribution in [0.15, 0.2) is 0 Å². The number of carbonyl (C=O) groups is 2. The molecule has 64 valence electrons. The van der Waals surface area contributed by atoms with E-state index in [4.69, 9.17) is 0 Å². The highest BCUT2D eigenvalue weighted by atomic mass is 16.6. The minimum atomic E-state index is -0.536. The predicted octanol–water partition coefficient (Wildman–Crippen LogP) is 0.503. The minimum absolute atomic E-state index is 0.290. The van der Waals surface area contributed by atoms with Crippen molar-refractivity contribution in [2.24, 2.45) is 0 Å². The van der Waals surface area contributed by atoms with Crippen LogP contribution in [0.2, 0.25) is 0 Å². The lowest BCUT2D eigenvalue weighted by atomic mass is 10.8. The molecular weight excluding hydrogens is 150 g/mol. The Morgan fingerprint density at radius 1 is 1.09 bits per heavy atom. The van der Waals surface area contributed by atoms with E-state index in [-0.39, 0.29) is 19.6 Å². The Bertz CT molecular complexity index is 125. The van der Waals surface area contributed by atoms with Gasteiger partial charge in [0.05, 0.1) is 13.2 Å². The Morgan fingerprint density at radius 3 is 1.73 bits per heavy atom. The van der Waals surface area contributed by atoms with Crippen molar-refractivity contribution >= 4 is 11.9 Å². The first kappa shape index (κ1) is 9.94. The Morgan fingerprint density at radius 2 is 1.45 bits per heavy atom. The van der Waals surface area contributed by atoms with Gasteiger partial charge < -0.3 is 9.47 Å². The summed E-state index contributed by atoms with van der Waals surface area (Å²) in [7, 11) is 0. The van der Waals surface area contributed by atoms with E-state index in [1.807, 2.05) is 0 Å². The second kappa shape index (κ2) is 5.70. The van der Waals surface area contributed by atoms with Crippen molar-refractivity contribution in [1.82, 2.24) is 0 Å². The van der Waals surface area contributed by atoms with E-state index >= 15 is 0 Å². The average Bonchev–Trinajstić information content (AvgIpc) is 1.87. The first-order valence-electron chi connectivity index (χ1n) is 3.52. The van der Waals surface area contributed by atoms with Gasteiger partial charge in [-0.1, -0.05) is 0 Å². The monoisotopic (exact) mass is 162 g/mol. The van der Waals surface area contributed by atoms with E-state index in [0.717, 1.165) is 0 Å². The standard InChI is InChI=1S/C7H12O4/c1-3-10-6(8)5-7(9)11-4-2/h3-5H2,1-2H3/i5+2. The molecule has 0 atom stereocenters. The zero-order valence-electron chi connectivity index (χ0n) is 6.75. The van der Waals surface area contributed by atoms with Gasteiger partial charge in [-0.05, 0) is 13.8 Å². The molecule has 0 aromatic carbocycles. The third-order valence-electron chi connectivity index (χ3n) is 0.899. The molecule has 0 unspecified atom stereocenters. The molecule has 0 fully saturated rings. The van der Waals surface area contributed by atoms with Crippen LogP contribution in [0.5, 0.6) is 0 Å². The van der Waals surface area contributed by atoms with Gasteiger partial charge in [-0.3, -0.25) is 9.59 Å². The number of hydrogen-bond donors (Lipinski definition) is 0. The van der Waals surface area contributed by atoms with Crippen LogP contribution in [-0.4, -0.2) is 25.2 Å². The normalized spacial score (nSPS) is 8.91. The Labute approximate surface area is 65.5 Å². The molecule has 4 heteroatoms. The van der Waals surface area contributed by atoms with Gasteiger partial charge in [0.15, 0.2) is 0 Å². The van der Waals surface area contributed by atoms with Crippen LogP contribution in [0, 0.1) is 0 Å². The van der Waals surface area contributed by atoms with Gasteiger partial charge in [0, 0.05) is 0 Å². The fourth-order valence-corrected chi connectivity index (χ4v) is 0.542. The number of hydrogen-bond acceptors (Lipinski definition) is 4. The van der Waals surface area contributed by atoms with Crippen LogP contribution in [-0.2, 0) is 19.1 Å². The van der Waals surface area contributed by atoms with E-state index in [2.05, 4.69) is 9.47 Å². The molecule has 0 aromatic rings. The molecule has 0 bridgehead atoms. The van der Waals surface area contributed by atoms with Crippen molar-refractivity contribution in [3.8, 4) is 0 Å². The average molecular weight is 162 g/mol.